The van der Waals surface area contributed by atoms with Crippen molar-refractivity contribution >= 4 is 23.6 Å². The third-order valence-electron chi connectivity index (χ3n) is 3.11. The minimum atomic E-state index is -0.589. The molecule has 0 spiro atoms. The Morgan fingerprint density at radius 2 is 1.88 bits per heavy atom. The Kier molecular flexibility index (Phi) is 5.73. The summed E-state index contributed by atoms with van der Waals surface area (Å²) in [7, 11) is 0. The lowest BCUT2D eigenvalue weighted by molar-refractivity contribution is -0.111. The van der Waals surface area contributed by atoms with E-state index in [-0.39, 0.29) is 17.6 Å². The first kappa shape index (κ1) is 17.3. The lowest BCUT2D eigenvalue weighted by atomic mass is 10.1. The second-order valence-electron chi connectivity index (χ2n) is 5.47. The molecule has 0 saturated carbocycles. The number of amides is 2. The Morgan fingerprint density at radius 1 is 1.12 bits per heavy atom. The summed E-state index contributed by atoms with van der Waals surface area (Å²) in [6.45, 7) is 3.90. The number of carbonyl (C=O) groups excluding carboxylic acids is 2. The molecule has 0 radical (unpaired) electrons. The Balaban J connectivity index is 2.07. The highest BCUT2D eigenvalue weighted by atomic mass is 16.5. The summed E-state index contributed by atoms with van der Waals surface area (Å²) in [5, 5.41) is 2.65. The zero-order valence-corrected chi connectivity index (χ0v) is 13.7. The molecule has 0 fully saturated rings. The SMILES string of the molecule is CC(C)Oc1cccc(C=CC(=O)Nc2ccccc2C(N)=O)c1. The highest BCUT2D eigenvalue weighted by molar-refractivity contribution is 6.07. The smallest absolute Gasteiger partial charge is 0.250 e. The molecule has 2 aromatic carbocycles. The van der Waals surface area contributed by atoms with Crippen molar-refractivity contribution in [3.8, 4) is 5.75 Å². The number of ether oxygens (including phenoxy) is 1. The summed E-state index contributed by atoms with van der Waals surface area (Å²) >= 11 is 0. The number of hydrogen-bond donors (Lipinski definition) is 2. The van der Waals surface area contributed by atoms with Gasteiger partial charge in [0.05, 0.1) is 17.4 Å². The number of para-hydroxylation sites is 1. The third-order valence-corrected chi connectivity index (χ3v) is 3.11. The first-order chi connectivity index (χ1) is 11.5. The minimum absolute atomic E-state index is 0.0813. The molecule has 0 aliphatic carbocycles. The van der Waals surface area contributed by atoms with Crippen LogP contribution in [0.4, 0.5) is 5.69 Å². The summed E-state index contributed by atoms with van der Waals surface area (Å²) in [5.74, 6) is -0.195. The molecule has 0 bridgehead atoms. The van der Waals surface area contributed by atoms with E-state index >= 15 is 0 Å². The predicted octanol–water partition coefficient (Wildman–Crippen LogP) is 3.22. The predicted molar refractivity (Wildman–Crippen MR) is 94.8 cm³/mol. The number of benzene rings is 2. The Hall–Kier alpha value is -3.08. The average Bonchev–Trinajstić information content (AvgIpc) is 2.53. The molecular weight excluding hydrogens is 304 g/mol. The highest BCUT2D eigenvalue weighted by Crippen LogP contribution is 2.17. The van der Waals surface area contributed by atoms with E-state index in [1.807, 2.05) is 38.1 Å². The Labute approximate surface area is 141 Å². The molecule has 0 unspecified atom stereocenters. The van der Waals surface area contributed by atoms with Crippen molar-refractivity contribution < 1.29 is 14.3 Å². The molecule has 2 amide bonds. The van der Waals surface area contributed by atoms with Gasteiger partial charge in [0, 0.05) is 6.08 Å². The van der Waals surface area contributed by atoms with Crippen molar-refractivity contribution in [1.82, 2.24) is 0 Å². The van der Waals surface area contributed by atoms with Gasteiger partial charge < -0.3 is 15.8 Å². The van der Waals surface area contributed by atoms with Gasteiger partial charge in [0.2, 0.25) is 5.91 Å². The summed E-state index contributed by atoms with van der Waals surface area (Å²) in [6, 6.07) is 14.0. The number of hydrogen-bond acceptors (Lipinski definition) is 3. The quantitative estimate of drug-likeness (QED) is 0.800. The fourth-order valence-corrected chi connectivity index (χ4v) is 2.12. The van der Waals surface area contributed by atoms with Crippen LogP contribution in [-0.4, -0.2) is 17.9 Å². The first-order valence-electron chi connectivity index (χ1n) is 7.60. The Morgan fingerprint density at radius 3 is 2.58 bits per heavy atom. The van der Waals surface area contributed by atoms with E-state index in [1.54, 1.807) is 30.3 Å². The molecule has 5 nitrogen and oxygen atoms in total. The molecule has 0 aromatic heterocycles. The van der Waals surface area contributed by atoms with Crippen molar-refractivity contribution in [1.29, 1.82) is 0 Å². The highest BCUT2D eigenvalue weighted by Gasteiger charge is 2.08. The zero-order valence-electron chi connectivity index (χ0n) is 13.7. The van der Waals surface area contributed by atoms with Gasteiger partial charge in [0.25, 0.3) is 5.91 Å². The number of nitrogens with one attached hydrogen (secondary N) is 1. The van der Waals surface area contributed by atoms with Crippen LogP contribution in [0.2, 0.25) is 0 Å². The maximum absolute atomic E-state index is 12.0. The van der Waals surface area contributed by atoms with Crippen molar-refractivity contribution in [2.24, 2.45) is 5.73 Å². The lowest BCUT2D eigenvalue weighted by Gasteiger charge is -2.09. The Bertz CT molecular complexity index is 767. The summed E-state index contributed by atoms with van der Waals surface area (Å²) in [5.41, 5.74) is 6.78. The maximum atomic E-state index is 12.0. The van der Waals surface area contributed by atoms with Crippen LogP contribution in [0.3, 0.4) is 0 Å². The molecule has 0 saturated heterocycles. The summed E-state index contributed by atoms with van der Waals surface area (Å²) in [6.07, 6.45) is 3.15. The molecule has 0 aliphatic rings. The fourth-order valence-electron chi connectivity index (χ4n) is 2.12. The van der Waals surface area contributed by atoms with Gasteiger partial charge in [-0.3, -0.25) is 9.59 Å². The number of rotatable bonds is 6. The molecule has 5 heteroatoms. The van der Waals surface area contributed by atoms with E-state index in [1.165, 1.54) is 6.08 Å². The van der Waals surface area contributed by atoms with Gasteiger partial charge in [0.15, 0.2) is 0 Å². The van der Waals surface area contributed by atoms with Crippen LogP contribution in [-0.2, 0) is 4.79 Å². The third kappa shape index (κ3) is 4.98. The largest absolute Gasteiger partial charge is 0.491 e. The first-order valence-corrected chi connectivity index (χ1v) is 7.60. The topological polar surface area (TPSA) is 81.4 Å². The summed E-state index contributed by atoms with van der Waals surface area (Å²) in [4.78, 5) is 23.4. The van der Waals surface area contributed by atoms with Crippen LogP contribution in [0.15, 0.2) is 54.6 Å². The van der Waals surface area contributed by atoms with Crippen LogP contribution in [0.1, 0.15) is 29.8 Å². The van der Waals surface area contributed by atoms with E-state index in [4.69, 9.17) is 10.5 Å². The standard InChI is InChI=1S/C19H20N2O3/c1-13(2)24-15-7-5-6-14(12-15)10-11-18(22)21-17-9-4-3-8-16(17)19(20)23/h3-13H,1-2H3,(H2,20,23)(H,21,22). The number of carbonyl (C=O) groups is 2. The average molecular weight is 324 g/mol. The van der Waals surface area contributed by atoms with Gasteiger partial charge in [-0.2, -0.15) is 0 Å². The molecule has 124 valence electrons. The second-order valence-corrected chi connectivity index (χ2v) is 5.47. The minimum Gasteiger partial charge on any atom is -0.491 e. The normalized spacial score (nSPS) is 10.8. The van der Waals surface area contributed by atoms with Crippen LogP contribution in [0.25, 0.3) is 6.08 Å². The van der Waals surface area contributed by atoms with Gasteiger partial charge in [-0.15, -0.1) is 0 Å². The monoisotopic (exact) mass is 324 g/mol. The molecule has 3 N–H and O–H groups in total. The molecule has 2 rings (SSSR count). The molecule has 0 aliphatic heterocycles. The molecule has 2 aromatic rings. The van der Waals surface area contributed by atoms with Gasteiger partial charge in [0.1, 0.15) is 5.75 Å². The van der Waals surface area contributed by atoms with Crippen LogP contribution in [0, 0.1) is 0 Å². The van der Waals surface area contributed by atoms with Crippen molar-refractivity contribution in [2.45, 2.75) is 20.0 Å². The molecular formula is C19H20N2O3. The van der Waals surface area contributed by atoms with Crippen molar-refractivity contribution in [3.05, 3.63) is 65.7 Å². The maximum Gasteiger partial charge on any atom is 0.250 e. The fraction of sp³-hybridized carbons (Fsp3) is 0.158. The number of primary amides is 1. The zero-order chi connectivity index (χ0) is 17.5. The number of anilines is 1. The van der Waals surface area contributed by atoms with Crippen LogP contribution >= 0.6 is 0 Å². The second kappa shape index (κ2) is 7.97. The van der Waals surface area contributed by atoms with Gasteiger partial charge >= 0.3 is 0 Å². The van der Waals surface area contributed by atoms with E-state index < -0.39 is 5.91 Å². The van der Waals surface area contributed by atoms with E-state index in [9.17, 15) is 9.59 Å². The van der Waals surface area contributed by atoms with E-state index in [2.05, 4.69) is 5.32 Å². The van der Waals surface area contributed by atoms with E-state index in [0.717, 1.165) is 11.3 Å². The molecule has 0 atom stereocenters. The van der Waals surface area contributed by atoms with Crippen molar-refractivity contribution in [2.75, 3.05) is 5.32 Å². The van der Waals surface area contributed by atoms with Gasteiger partial charge in [-0.25, -0.2) is 0 Å². The summed E-state index contributed by atoms with van der Waals surface area (Å²) < 4.78 is 5.61. The van der Waals surface area contributed by atoms with Gasteiger partial charge in [-0.05, 0) is 49.8 Å². The lowest BCUT2D eigenvalue weighted by Crippen LogP contribution is -2.16. The molecule has 0 heterocycles. The van der Waals surface area contributed by atoms with Crippen LogP contribution in [0.5, 0.6) is 5.75 Å². The molecule has 24 heavy (non-hydrogen) atoms. The van der Waals surface area contributed by atoms with Crippen LogP contribution < -0.4 is 15.8 Å². The van der Waals surface area contributed by atoms with E-state index in [0.29, 0.717) is 5.69 Å². The van der Waals surface area contributed by atoms with Gasteiger partial charge in [-0.1, -0.05) is 24.3 Å². The van der Waals surface area contributed by atoms with Crippen molar-refractivity contribution in [3.63, 3.8) is 0 Å². The number of nitrogens with two attached hydrogens (primary N) is 1.